The topological polar surface area (TPSA) is 41.6 Å². The Balaban J connectivity index is 2.26. The third-order valence-corrected chi connectivity index (χ3v) is 2.62. The standard InChI is InChI=1S/C9H7N3/c10-4-7-5-11-12-2-1-6-3-8(6)9(7)12/h1-2,5-6,8H,3H2. The van der Waals surface area contributed by atoms with E-state index in [0.29, 0.717) is 11.8 Å². The van der Waals surface area contributed by atoms with E-state index in [-0.39, 0.29) is 0 Å². The molecule has 0 bridgehead atoms. The van der Waals surface area contributed by atoms with Crippen LogP contribution in [-0.4, -0.2) is 9.78 Å². The zero-order valence-corrected chi connectivity index (χ0v) is 6.44. The third-order valence-electron chi connectivity index (χ3n) is 2.62. The zero-order valence-electron chi connectivity index (χ0n) is 6.44. The highest BCUT2D eigenvalue weighted by Gasteiger charge is 2.42. The van der Waals surface area contributed by atoms with Crippen molar-refractivity contribution >= 4 is 6.20 Å². The summed E-state index contributed by atoms with van der Waals surface area (Å²) in [6.45, 7) is 0. The van der Waals surface area contributed by atoms with Gasteiger partial charge in [-0.3, -0.25) is 0 Å². The quantitative estimate of drug-likeness (QED) is 0.570. The molecule has 0 amide bonds. The molecule has 1 aliphatic carbocycles. The van der Waals surface area contributed by atoms with E-state index in [1.54, 1.807) is 6.20 Å². The Bertz CT molecular complexity index is 408. The minimum absolute atomic E-state index is 0.576. The lowest BCUT2D eigenvalue weighted by Gasteiger charge is -2.05. The first-order valence-corrected chi connectivity index (χ1v) is 4.06. The van der Waals surface area contributed by atoms with Crippen LogP contribution in [-0.2, 0) is 0 Å². The fourth-order valence-electron chi connectivity index (χ4n) is 1.88. The summed E-state index contributed by atoms with van der Waals surface area (Å²) in [4.78, 5) is 0. The monoisotopic (exact) mass is 157 g/mol. The normalized spacial score (nSPS) is 28.9. The van der Waals surface area contributed by atoms with Crippen LogP contribution in [0.3, 0.4) is 0 Å². The van der Waals surface area contributed by atoms with Crippen LogP contribution in [0.4, 0.5) is 0 Å². The van der Waals surface area contributed by atoms with Gasteiger partial charge < -0.3 is 0 Å². The highest BCUT2D eigenvalue weighted by atomic mass is 15.3. The molecular weight excluding hydrogens is 150 g/mol. The first-order valence-electron chi connectivity index (χ1n) is 4.06. The molecule has 1 saturated carbocycles. The Kier molecular flexibility index (Phi) is 0.891. The van der Waals surface area contributed by atoms with Gasteiger partial charge in [-0.1, -0.05) is 6.08 Å². The van der Waals surface area contributed by atoms with Crippen molar-refractivity contribution in [2.45, 2.75) is 12.3 Å². The summed E-state index contributed by atoms with van der Waals surface area (Å²) in [5.74, 6) is 1.26. The van der Waals surface area contributed by atoms with E-state index in [2.05, 4.69) is 17.2 Å². The number of hydrogen-bond donors (Lipinski definition) is 0. The van der Waals surface area contributed by atoms with Crippen molar-refractivity contribution < 1.29 is 0 Å². The van der Waals surface area contributed by atoms with Crippen LogP contribution in [0.25, 0.3) is 6.20 Å². The van der Waals surface area contributed by atoms with Crippen LogP contribution in [0.5, 0.6) is 0 Å². The van der Waals surface area contributed by atoms with Crippen molar-refractivity contribution in [3.05, 3.63) is 23.5 Å². The Labute approximate surface area is 69.9 Å². The van der Waals surface area contributed by atoms with Gasteiger partial charge in [0.05, 0.1) is 17.5 Å². The molecule has 58 valence electrons. The molecule has 0 spiro atoms. The number of allylic oxidation sites excluding steroid dienone is 1. The molecule has 0 radical (unpaired) electrons. The Morgan fingerprint density at radius 2 is 2.58 bits per heavy atom. The van der Waals surface area contributed by atoms with Crippen LogP contribution in [0.15, 0.2) is 12.3 Å². The van der Waals surface area contributed by atoms with Gasteiger partial charge in [0.2, 0.25) is 0 Å². The van der Waals surface area contributed by atoms with Gasteiger partial charge in [0.15, 0.2) is 0 Å². The summed E-state index contributed by atoms with van der Waals surface area (Å²) in [6.07, 6.45) is 6.98. The largest absolute Gasteiger partial charge is 0.244 e. The second-order valence-corrected chi connectivity index (χ2v) is 3.35. The molecule has 1 fully saturated rings. The molecular formula is C9H7N3. The minimum atomic E-state index is 0.576. The summed E-state index contributed by atoms with van der Waals surface area (Å²) in [5.41, 5.74) is 1.86. The van der Waals surface area contributed by atoms with Gasteiger partial charge >= 0.3 is 0 Å². The maximum absolute atomic E-state index is 8.79. The van der Waals surface area contributed by atoms with Gasteiger partial charge in [-0.05, 0) is 12.3 Å². The molecule has 3 rings (SSSR count). The fourth-order valence-corrected chi connectivity index (χ4v) is 1.88. The lowest BCUT2D eigenvalue weighted by atomic mass is 10.1. The van der Waals surface area contributed by atoms with E-state index in [0.717, 1.165) is 11.3 Å². The van der Waals surface area contributed by atoms with Crippen molar-refractivity contribution in [3.63, 3.8) is 0 Å². The van der Waals surface area contributed by atoms with Crippen LogP contribution < -0.4 is 0 Å². The number of nitrogens with zero attached hydrogens (tertiary/aromatic N) is 3. The molecule has 3 nitrogen and oxygen atoms in total. The number of fused-ring (bicyclic) bond motifs is 3. The second-order valence-electron chi connectivity index (χ2n) is 3.35. The van der Waals surface area contributed by atoms with Gasteiger partial charge in [-0.25, -0.2) is 4.68 Å². The highest BCUT2D eigenvalue weighted by Crippen LogP contribution is 2.51. The van der Waals surface area contributed by atoms with E-state index in [1.807, 2.05) is 10.9 Å². The van der Waals surface area contributed by atoms with Gasteiger partial charge in [0.1, 0.15) is 6.07 Å². The molecule has 0 saturated heterocycles. The molecule has 2 unspecified atom stereocenters. The minimum Gasteiger partial charge on any atom is -0.244 e. The van der Waals surface area contributed by atoms with Crippen molar-refractivity contribution in [1.82, 2.24) is 9.78 Å². The molecule has 0 N–H and O–H groups in total. The average molecular weight is 157 g/mol. The predicted molar refractivity (Wildman–Crippen MR) is 43.1 cm³/mol. The molecule has 12 heavy (non-hydrogen) atoms. The Morgan fingerprint density at radius 3 is 3.42 bits per heavy atom. The molecule has 1 aromatic rings. The van der Waals surface area contributed by atoms with Gasteiger partial charge in [-0.2, -0.15) is 10.4 Å². The Hall–Kier alpha value is -1.56. The zero-order chi connectivity index (χ0) is 8.13. The second kappa shape index (κ2) is 1.78. The first kappa shape index (κ1) is 6.01. The van der Waals surface area contributed by atoms with Gasteiger partial charge in [0.25, 0.3) is 0 Å². The number of aromatic nitrogens is 2. The van der Waals surface area contributed by atoms with Crippen LogP contribution >= 0.6 is 0 Å². The smallest absolute Gasteiger partial charge is 0.103 e. The van der Waals surface area contributed by atoms with Crippen LogP contribution in [0.2, 0.25) is 0 Å². The molecule has 0 aromatic carbocycles. The summed E-state index contributed by atoms with van der Waals surface area (Å²) in [6, 6.07) is 2.17. The molecule has 1 aliphatic heterocycles. The van der Waals surface area contributed by atoms with Crippen molar-refractivity contribution in [1.29, 1.82) is 5.26 Å². The SMILES string of the molecule is N#Cc1cnn2c1C1CC1C=C2. The van der Waals surface area contributed by atoms with Crippen LogP contribution in [0.1, 0.15) is 23.6 Å². The third kappa shape index (κ3) is 0.578. The van der Waals surface area contributed by atoms with Crippen LogP contribution in [0, 0.1) is 17.2 Å². The lowest BCUT2D eigenvalue weighted by molar-refractivity contribution is 0.803. The first-order chi connectivity index (χ1) is 5.90. The van der Waals surface area contributed by atoms with Gasteiger partial charge in [0, 0.05) is 12.1 Å². The maximum atomic E-state index is 8.79. The lowest BCUT2D eigenvalue weighted by Crippen LogP contribution is -2.01. The van der Waals surface area contributed by atoms with Crippen molar-refractivity contribution in [3.8, 4) is 6.07 Å². The van der Waals surface area contributed by atoms with E-state index in [1.165, 1.54) is 6.42 Å². The number of nitriles is 1. The van der Waals surface area contributed by atoms with E-state index >= 15 is 0 Å². The molecule has 2 heterocycles. The summed E-state index contributed by atoms with van der Waals surface area (Å²) < 4.78 is 1.83. The predicted octanol–water partition coefficient (Wildman–Crippen LogP) is 1.34. The fraction of sp³-hybridized carbons (Fsp3) is 0.333. The maximum Gasteiger partial charge on any atom is 0.103 e. The van der Waals surface area contributed by atoms with Crippen molar-refractivity contribution in [2.75, 3.05) is 0 Å². The number of hydrogen-bond acceptors (Lipinski definition) is 2. The number of rotatable bonds is 0. The van der Waals surface area contributed by atoms with E-state index in [4.69, 9.17) is 5.26 Å². The average Bonchev–Trinajstić information content (AvgIpc) is 2.78. The molecule has 2 aliphatic rings. The van der Waals surface area contributed by atoms with Crippen molar-refractivity contribution in [2.24, 2.45) is 5.92 Å². The highest BCUT2D eigenvalue weighted by molar-refractivity contribution is 5.47. The van der Waals surface area contributed by atoms with Gasteiger partial charge in [-0.15, -0.1) is 0 Å². The van der Waals surface area contributed by atoms with E-state index < -0.39 is 0 Å². The molecule has 3 heteroatoms. The van der Waals surface area contributed by atoms with E-state index in [9.17, 15) is 0 Å². The summed E-state index contributed by atoms with van der Waals surface area (Å²) in [7, 11) is 0. The molecule has 1 aromatic heterocycles. The Morgan fingerprint density at radius 1 is 1.67 bits per heavy atom. The summed E-state index contributed by atoms with van der Waals surface area (Å²) >= 11 is 0. The molecule has 2 atom stereocenters. The summed E-state index contributed by atoms with van der Waals surface area (Å²) in [5, 5.41) is 12.9.